The first kappa shape index (κ1) is 22.4. The summed E-state index contributed by atoms with van der Waals surface area (Å²) < 4.78 is 18.3. The molecule has 3 heterocycles. The third kappa shape index (κ3) is 4.80. The summed E-state index contributed by atoms with van der Waals surface area (Å²) in [7, 11) is 0. The smallest absolute Gasteiger partial charge is 0.273 e. The lowest BCUT2D eigenvalue weighted by atomic mass is 10.2. The minimum atomic E-state index is -0.722. The zero-order valence-corrected chi connectivity index (χ0v) is 20.0. The molecule has 1 amide bonds. The molecule has 0 spiro atoms. The minimum absolute atomic E-state index is 0.144. The standard InChI is InChI=1S/C24H26ClN3O4S/c1-16-17(25)7-8-21-22(16)26-24(33-21)28(10-4-9-27-11-13-30-14-12-27)23(29)20-15-31-18-5-2-3-6-19(18)32-20/h2-3,5-8,20H,4,9-15H2,1H3. The van der Waals surface area contributed by atoms with Crippen LogP contribution in [0.25, 0.3) is 10.2 Å². The summed E-state index contributed by atoms with van der Waals surface area (Å²) in [4.78, 5) is 22.6. The summed E-state index contributed by atoms with van der Waals surface area (Å²) >= 11 is 7.81. The van der Waals surface area contributed by atoms with Crippen LogP contribution in [0.5, 0.6) is 11.5 Å². The Hall–Kier alpha value is -2.39. The Morgan fingerprint density at radius 1 is 1.21 bits per heavy atom. The number of rotatable bonds is 6. The zero-order valence-electron chi connectivity index (χ0n) is 18.5. The second kappa shape index (κ2) is 9.85. The van der Waals surface area contributed by atoms with Crippen molar-refractivity contribution in [3.8, 4) is 11.5 Å². The van der Waals surface area contributed by atoms with E-state index >= 15 is 0 Å². The average molecular weight is 488 g/mol. The molecular weight excluding hydrogens is 462 g/mol. The number of carbonyl (C=O) groups is 1. The summed E-state index contributed by atoms with van der Waals surface area (Å²) in [6.07, 6.45) is 0.103. The van der Waals surface area contributed by atoms with Gasteiger partial charge in [-0.05, 0) is 43.2 Å². The third-order valence-corrected chi connectivity index (χ3v) is 7.43. The SMILES string of the molecule is Cc1c(Cl)ccc2sc(N(CCCN3CCOCC3)C(=O)C3COc4ccccc4O3)nc12. The molecule has 2 aliphatic rings. The number of benzene rings is 2. The first-order valence-corrected chi connectivity index (χ1v) is 12.4. The molecule has 9 heteroatoms. The number of aromatic nitrogens is 1. The highest BCUT2D eigenvalue weighted by Gasteiger charge is 2.33. The number of fused-ring (bicyclic) bond motifs is 2. The van der Waals surface area contributed by atoms with Crippen LogP contribution >= 0.6 is 22.9 Å². The predicted molar refractivity (Wildman–Crippen MR) is 130 cm³/mol. The maximum atomic E-state index is 13.6. The van der Waals surface area contributed by atoms with E-state index < -0.39 is 6.10 Å². The fourth-order valence-electron chi connectivity index (χ4n) is 4.10. The van der Waals surface area contributed by atoms with Gasteiger partial charge in [-0.2, -0.15) is 0 Å². The second-order valence-electron chi connectivity index (χ2n) is 8.18. The molecule has 1 aromatic heterocycles. The van der Waals surface area contributed by atoms with E-state index in [1.807, 2.05) is 43.3 Å². The van der Waals surface area contributed by atoms with Crippen molar-refractivity contribution in [2.45, 2.75) is 19.4 Å². The molecule has 3 aromatic rings. The molecule has 0 bridgehead atoms. The number of anilines is 1. The molecule has 33 heavy (non-hydrogen) atoms. The number of aryl methyl sites for hydroxylation is 1. The van der Waals surface area contributed by atoms with Crippen molar-refractivity contribution in [2.75, 3.05) is 50.9 Å². The lowest BCUT2D eigenvalue weighted by Gasteiger charge is -2.31. The van der Waals surface area contributed by atoms with Crippen LogP contribution in [0.2, 0.25) is 5.02 Å². The van der Waals surface area contributed by atoms with Crippen molar-refractivity contribution in [3.63, 3.8) is 0 Å². The summed E-state index contributed by atoms with van der Waals surface area (Å²) in [5, 5.41) is 1.33. The Morgan fingerprint density at radius 3 is 2.82 bits per heavy atom. The highest BCUT2D eigenvalue weighted by atomic mass is 35.5. The maximum absolute atomic E-state index is 13.6. The van der Waals surface area contributed by atoms with Gasteiger partial charge in [0, 0.05) is 31.2 Å². The van der Waals surface area contributed by atoms with Gasteiger partial charge >= 0.3 is 0 Å². The topological polar surface area (TPSA) is 64.1 Å². The number of ether oxygens (including phenoxy) is 3. The fraction of sp³-hybridized carbons (Fsp3) is 0.417. The quantitative estimate of drug-likeness (QED) is 0.520. The molecule has 0 saturated carbocycles. The van der Waals surface area contributed by atoms with E-state index in [1.165, 1.54) is 11.3 Å². The Bertz CT molecular complexity index is 1150. The fourth-order valence-corrected chi connectivity index (χ4v) is 5.31. The minimum Gasteiger partial charge on any atom is -0.485 e. The van der Waals surface area contributed by atoms with E-state index in [-0.39, 0.29) is 12.5 Å². The number of hydrogen-bond acceptors (Lipinski definition) is 7. The molecule has 1 saturated heterocycles. The van der Waals surface area contributed by atoms with Crippen molar-refractivity contribution >= 4 is 44.2 Å². The van der Waals surface area contributed by atoms with Crippen LogP contribution in [0, 0.1) is 6.92 Å². The van der Waals surface area contributed by atoms with Gasteiger partial charge in [0.1, 0.15) is 6.61 Å². The summed E-state index contributed by atoms with van der Waals surface area (Å²) in [6.45, 7) is 6.92. The van der Waals surface area contributed by atoms with Gasteiger partial charge in [0.25, 0.3) is 5.91 Å². The van der Waals surface area contributed by atoms with E-state index in [1.54, 1.807) is 4.90 Å². The molecule has 2 aliphatic heterocycles. The van der Waals surface area contributed by atoms with Crippen LogP contribution in [0.1, 0.15) is 12.0 Å². The molecule has 5 rings (SSSR count). The molecule has 1 unspecified atom stereocenters. The Morgan fingerprint density at radius 2 is 2.00 bits per heavy atom. The summed E-state index contributed by atoms with van der Waals surface area (Å²) in [5.41, 5.74) is 1.75. The van der Waals surface area contributed by atoms with Crippen LogP contribution in [0.15, 0.2) is 36.4 Å². The Labute approximate surface area is 201 Å². The summed E-state index contributed by atoms with van der Waals surface area (Å²) in [5.74, 6) is 1.10. The number of amides is 1. The summed E-state index contributed by atoms with van der Waals surface area (Å²) in [6, 6.07) is 11.3. The molecule has 2 aromatic carbocycles. The first-order chi connectivity index (χ1) is 16.1. The van der Waals surface area contributed by atoms with Crippen LogP contribution in [-0.2, 0) is 9.53 Å². The second-order valence-corrected chi connectivity index (χ2v) is 9.59. The number of para-hydroxylation sites is 2. The molecule has 1 fully saturated rings. The van der Waals surface area contributed by atoms with Gasteiger partial charge in [-0.3, -0.25) is 14.6 Å². The normalized spacial score (nSPS) is 18.4. The molecule has 1 atom stereocenters. The molecule has 0 aliphatic carbocycles. The van der Waals surface area contributed by atoms with E-state index in [4.69, 9.17) is 30.8 Å². The van der Waals surface area contributed by atoms with E-state index in [9.17, 15) is 4.79 Å². The molecule has 0 radical (unpaired) electrons. The molecular formula is C24H26ClN3O4S. The van der Waals surface area contributed by atoms with Crippen molar-refractivity contribution in [3.05, 3.63) is 47.0 Å². The first-order valence-electron chi connectivity index (χ1n) is 11.2. The van der Waals surface area contributed by atoms with Crippen LogP contribution < -0.4 is 14.4 Å². The van der Waals surface area contributed by atoms with E-state index in [0.29, 0.717) is 28.2 Å². The van der Waals surface area contributed by atoms with E-state index in [0.717, 1.165) is 55.0 Å². The van der Waals surface area contributed by atoms with Crippen LogP contribution in [0.3, 0.4) is 0 Å². The number of carbonyl (C=O) groups excluding carboxylic acids is 1. The Balaban J connectivity index is 1.38. The predicted octanol–water partition coefficient (Wildman–Crippen LogP) is 4.15. The molecule has 0 N–H and O–H groups in total. The van der Waals surface area contributed by atoms with Gasteiger partial charge in [-0.15, -0.1) is 0 Å². The van der Waals surface area contributed by atoms with Gasteiger partial charge in [0.05, 0.1) is 23.4 Å². The number of morpholine rings is 1. The van der Waals surface area contributed by atoms with Gasteiger partial charge in [-0.1, -0.05) is 35.1 Å². The van der Waals surface area contributed by atoms with Crippen molar-refractivity contribution < 1.29 is 19.0 Å². The van der Waals surface area contributed by atoms with Crippen molar-refractivity contribution in [1.29, 1.82) is 0 Å². The Kier molecular flexibility index (Phi) is 6.69. The molecule has 7 nitrogen and oxygen atoms in total. The van der Waals surface area contributed by atoms with Gasteiger partial charge in [0.2, 0.25) is 6.10 Å². The monoisotopic (exact) mass is 487 g/mol. The van der Waals surface area contributed by atoms with Crippen molar-refractivity contribution in [1.82, 2.24) is 9.88 Å². The van der Waals surface area contributed by atoms with Crippen molar-refractivity contribution in [2.24, 2.45) is 0 Å². The van der Waals surface area contributed by atoms with Crippen LogP contribution in [0.4, 0.5) is 5.13 Å². The largest absolute Gasteiger partial charge is 0.485 e. The molecule has 174 valence electrons. The number of halogens is 1. The average Bonchev–Trinajstić information content (AvgIpc) is 3.29. The van der Waals surface area contributed by atoms with Gasteiger partial charge in [-0.25, -0.2) is 4.98 Å². The van der Waals surface area contributed by atoms with E-state index in [2.05, 4.69) is 4.90 Å². The lowest BCUT2D eigenvalue weighted by Crippen LogP contribution is -2.47. The number of hydrogen-bond donors (Lipinski definition) is 0. The highest BCUT2D eigenvalue weighted by molar-refractivity contribution is 7.22. The maximum Gasteiger partial charge on any atom is 0.273 e. The van der Waals surface area contributed by atoms with Gasteiger partial charge < -0.3 is 14.2 Å². The van der Waals surface area contributed by atoms with Gasteiger partial charge in [0.15, 0.2) is 16.6 Å². The highest BCUT2D eigenvalue weighted by Crippen LogP contribution is 2.35. The lowest BCUT2D eigenvalue weighted by molar-refractivity contribution is -0.127. The van der Waals surface area contributed by atoms with Crippen LogP contribution in [-0.4, -0.2) is 67.9 Å². The third-order valence-electron chi connectivity index (χ3n) is 5.98. The zero-order chi connectivity index (χ0) is 22.8. The number of thiazole rings is 1. The number of nitrogens with zero attached hydrogens (tertiary/aromatic N) is 3.